The van der Waals surface area contributed by atoms with Gasteiger partial charge in [0.05, 0.1) is 25.9 Å². The van der Waals surface area contributed by atoms with Crippen molar-refractivity contribution in [2.45, 2.75) is 6.04 Å². The number of amides is 3. The fraction of sp³-hybridized carbons (Fsp3) is 0.385. The standard InChI is InChI=1S/C13H17N3O4/c14-13(19)15-10-3-1-9(2-4-10)12(18)16-5-6-20-8-11(16)7-17/h1-4,11,17H,5-8H2,(H3,14,15,19). The molecule has 1 aromatic rings. The Morgan fingerprint density at radius 2 is 2.10 bits per heavy atom. The summed E-state index contributed by atoms with van der Waals surface area (Å²) in [7, 11) is 0. The number of nitrogens with zero attached hydrogens (tertiary/aromatic N) is 1. The fourth-order valence-corrected chi connectivity index (χ4v) is 2.08. The van der Waals surface area contributed by atoms with Crippen molar-refractivity contribution < 1.29 is 19.4 Å². The van der Waals surface area contributed by atoms with Gasteiger partial charge in [-0.1, -0.05) is 0 Å². The Balaban J connectivity index is 2.09. The van der Waals surface area contributed by atoms with E-state index in [1.807, 2.05) is 0 Å². The topological polar surface area (TPSA) is 105 Å². The molecule has 3 amide bonds. The summed E-state index contributed by atoms with van der Waals surface area (Å²) >= 11 is 0. The van der Waals surface area contributed by atoms with Gasteiger partial charge in [-0.25, -0.2) is 4.79 Å². The van der Waals surface area contributed by atoms with Crippen LogP contribution < -0.4 is 11.1 Å². The van der Waals surface area contributed by atoms with Crippen LogP contribution in [-0.4, -0.2) is 54.4 Å². The second-order valence-corrected chi connectivity index (χ2v) is 4.48. The van der Waals surface area contributed by atoms with Gasteiger partial charge >= 0.3 is 6.03 Å². The Bertz CT molecular complexity index is 489. The smallest absolute Gasteiger partial charge is 0.316 e. The molecule has 0 saturated carbocycles. The number of aliphatic hydroxyl groups is 1. The molecule has 7 nitrogen and oxygen atoms in total. The van der Waals surface area contributed by atoms with Crippen molar-refractivity contribution >= 4 is 17.6 Å². The van der Waals surface area contributed by atoms with E-state index in [9.17, 15) is 14.7 Å². The molecule has 1 heterocycles. The van der Waals surface area contributed by atoms with Gasteiger partial charge in [0.2, 0.25) is 0 Å². The molecular weight excluding hydrogens is 262 g/mol. The van der Waals surface area contributed by atoms with E-state index in [0.29, 0.717) is 31.0 Å². The Labute approximate surface area is 116 Å². The molecule has 1 fully saturated rings. The van der Waals surface area contributed by atoms with Crippen molar-refractivity contribution in [1.29, 1.82) is 0 Å². The number of nitrogens with two attached hydrogens (primary N) is 1. The van der Waals surface area contributed by atoms with E-state index in [2.05, 4.69) is 5.32 Å². The van der Waals surface area contributed by atoms with Crippen LogP contribution in [0.2, 0.25) is 0 Å². The van der Waals surface area contributed by atoms with Crippen LogP contribution in [0.15, 0.2) is 24.3 Å². The van der Waals surface area contributed by atoms with Crippen molar-refractivity contribution in [2.24, 2.45) is 5.73 Å². The number of primary amides is 1. The number of carbonyl (C=O) groups is 2. The first kappa shape index (κ1) is 14.3. The van der Waals surface area contributed by atoms with Gasteiger partial charge in [-0.05, 0) is 24.3 Å². The Hall–Kier alpha value is -2.12. The molecule has 1 aliphatic rings. The van der Waals surface area contributed by atoms with Crippen molar-refractivity contribution in [2.75, 3.05) is 31.7 Å². The van der Waals surface area contributed by atoms with Crippen LogP contribution >= 0.6 is 0 Å². The molecule has 1 atom stereocenters. The van der Waals surface area contributed by atoms with Gasteiger partial charge in [0, 0.05) is 17.8 Å². The van der Waals surface area contributed by atoms with Gasteiger partial charge in [0.1, 0.15) is 0 Å². The maximum absolute atomic E-state index is 12.3. The minimum Gasteiger partial charge on any atom is -0.394 e. The molecular formula is C13H17N3O4. The van der Waals surface area contributed by atoms with Crippen LogP contribution in [0.3, 0.4) is 0 Å². The highest BCUT2D eigenvalue weighted by Crippen LogP contribution is 2.15. The number of anilines is 1. The molecule has 0 bridgehead atoms. The minimum atomic E-state index is -0.655. The highest BCUT2D eigenvalue weighted by Gasteiger charge is 2.27. The highest BCUT2D eigenvalue weighted by molar-refractivity contribution is 5.95. The average Bonchev–Trinajstić information content (AvgIpc) is 2.46. The van der Waals surface area contributed by atoms with Crippen LogP contribution in [0.4, 0.5) is 10.5 Å². The SMILES string of the molecule is NC(=O)Nc1ccc(C(=O)N2CCOCC2CO)cc1. The van der Waals surface area contributed by atoms with Gasteiger partial charge in [-0.2, -0.15) is 0 Å². The minimum absolute atomic E-state index is 0.132. The summed E-state index contributed by atoms with van der Waals surface area (Å²) in [4.78, 5) is 24.7. The van der Waals surface area contributed by atoms with Gasteiger partial charge in [-0.15, -0.1) is 0 Å². The van der Waals surface area contributed by atoms with E-state index in [1.54, 1.807) is 29.2 Å². The predicted octanol–water partition coefficient (Wildman–Crippen LogP) is 0.0105. The second kappa shape index (κ2) is 6.36. The Morgan fingerprint density at radius 1 is 1.40 bits per heavy atom. The summed E-state index contributed by atoms with van der Waals surface area (Å²) in [6.45, 7) is 1.12. The largest absolute Gasteiger partial charge is 0.394 e. The maximum atomic E-state index is 12.3. The fourth-order valence-electron chi connectivity index (χ4n) is 2.08. The van der Waals surface area contributed by atoms with Crippen LogP contribution in [-0.2, 0) is 4.74 Å². The zero-order chi connectivity index (χ0) is 14.5. The van der Waals surface area contributed by atoms with Crippen LogP contribution in [0.5, 0.6) is 0 Å². The van der Waals surface area contributed by atoms with Crippen molar-refractivity contribution in [3.63, 3.8) is 0 Å². The first-order valence-electron chi connectivity index (χ1n) is 6.28. The molecule has 1 aromatic carbocycles. The number of urea groups is 1. The molecule has 4 N–H and O–H groups in total. The zero-order valence-electron chi connectivity index (χ0n) is 10.9. The molecule has 0 aliphatic carbocycles. The third-order valence-corrected chi connectivity index (χ3v) is 3.10. The van der Waals surface area contributed by atoms with Gasteiger partial charge in [-0.3, -0.25) is 4.79 Å². The number of carbonyl (C=O) groups excluding carboxylic acids is 2. The third-order valence-electron chi connectivity index (χ3n) is 3.10. The lowest BCUT2D eigenvalue weighted by atomic mass is 10.1. The summed E-state index contributed by atoms with van der Waals surface area (Å²) < 4.78 is 5.24. The number of morpholine rings is 1. The van der Waals surface area contributed by atoms with E-state index >= 15 is 0 Å². The lowest BCUT2D eigenvalue weighted by Crippen LogP contribution is -2.50. The van der Waals surface area contributed by atoms with E-state index < -0.39 is 6.03 Å². The van der Waals surface area contributed by atoms with E-state index in [0.717, 1.165) is 0 Å². The monoisotopic (exact) mass is 279 g/mol. The van der Waals surface area contributed by atoms with Crippen molar-refractivity contribution in [1.82, 2.24) is 4.90 Å². The molecule has 0 spiro atoms. The van der Waals surface area contributed by atoms with E-state index in [1.165, 1.54) is 0 Å². The Kier molecular flexibility index (Phi) is 4.54. The first-order valence-corrected chi connectivity index (χ1v) is 6.28. The number of benzene rings is 1. The molecule has 1 aliphatic heterocycles. The molecule has 0 aromatic heterocycles. The number of hydrogen-bond acceptors (Lipinski definition) is 4. The quantitative estimate of drug-likeness (QED) is 0.724. The normalized spacial score (nSPS) is 18.6. The van der Waals surface area contributed by atoms with Crippen LogP contribution in [0.1, 0.15) is 10.4 Å². The lowest BCUT2D eigenvalue weighted by Gasteiger charge is -2.34. The summed E-state index contributed by atoms with van der Waals surface area (Å²) in [5.41, 5.74) is 6.02. The summed E-state index contributed by atoms with van der Waals surface area (Å²) in [5, 5.41) is 11.7. The summed E-state index contributed by atoms with van der Waals surface area (Å²) in [6.07, 6.45) is 0. The van der Waals surface area contributed by atoms with Crippen molar-refractivity contribution in [3.8, 4) is 0 Å². The van der Waals surface area contributed by atoms with Gasteiger partial charge < -0.3 is 25.8 Å². The van der Waals surface area contributed by atoms with Crippen LogP contribution in [0.25, 0.3) is 0 Å². The zero-order valence-corrected chi connectivity index (χ0v) is 10.9. The number of hydrogen-bond donors (Lipinski definition) is 3. The second-order valence-electron chi connectivity index (χ2n) is 4.48. The highest BCUT2D eigenvalue weighted by atomic mass is 16.5. The summed E-state index contributed by atoms with van der Waals surface area (Å²) in [5.74, 6) is -0.169. The Morgan fingerprint density at radius 3 is 2.70 bits per heavy atom. The molecule has 20 heavy (non-hydrogen) atoms. The van der Waals surface area contributed by atoms with E-state index in [4.69, 9.17) is 10.5 Å². The van der Waals surface area contributed by atoms with E-state index in [-0.39, 0.29) is 18.6 Å². The van der Waals surface area contributed by atoms with Gasteiger partial charge in [0.15, 0.2) is 0 Å². The average molecular weight is 279 g/mol. The molecule has 2 rings (SSSR count). The number of ether oxygens (including phenoxy) is 1. The first-order chi connectivity index (χ1) is 9.61. The number of rotatable bonds is 3. The number of nitrogens with one attached hydrogen (secondary N) is 1. The van der Waals surface area contributed by atoms with Crippen LogP contribution in [0, 0.1) is 0 Å². The van der Waals surface area contributed by atoms with Crippen molar-refractivity contribution in [3.05, 3.63) is 29.8 Å². The maximum Gasteiger partial charge on any atom is 0.316 e. The summed E-state index contributed by atoms with van der Waals surface area (Å²) in [6, 6.07) is 5.45. The molecule has 108 valence electrons. The molecule has 7 heteroatoms. The third kappa shape index (κ3) is 3.25. The molecule has 0 radical (unpaired) electrons. The van der Waals surface area contributed by atoms with Gasteiger partial charge in [0.25, 0.3) is 5.91 Å². The molecule has 1 saturated heterocycles. The lowest BCUT2D eigenvalue weighted by molar-refractivity contribution is -0.0183. The molecule has 1 unspecified atom stereocenters. The predicted molar refractivity (Wildman–Crippen MR) is 72.4 cm³/mol. The number of aliphatic hydroxyl groups excluding tert-OH is 1.